The molecule has 0 spiro atoms. The van der Waals surface area contributed by atoms with Crippen LogP contribution in [-0.2, 0) is 11.3 Å². The summed E-state index contributed by atoms with van der Waals surface area (Å²) >= 11 is 1.51. The molecule has 2 aromatic rings. The Hall–Kier alpha value is -1.79. The Bertz CT molecular complexity index is 657. The summed E-state index contributed by atoms with van der Waals surface area (Å²) in [5, 5.41) is 2.78. The van der Waals surface area contributed by atoms with Crippen LogP contribution in [0.1, 0.15) is 47.9 Å². The fourth-order valence-corrected chi connectivity index (χ4v) is 2.73. The number of thiazole rings is 1. The van der Waals surface area contributed by atoms with Gasteiger partial charge in [-0.25, -0.2) is 9.37 Å². The number of ketones is 1. The van der Waals surface area contributed by atoms with Crippen LogP contribution in [0, 0.1) is 5.82 Å². The third-order valence-electron chi connectivity index (χ3n) is 3.04. The number of nitrogens with zero attached hydrogens (tertiary/aromatic N) is 1. The maximum atomic E-state index is 13.7. The minimum absolute atomic E-state index is 0.0453. The van der Waals surface area contributed by atoms with Gasteiger partial charge in [0, 0.05) is 18.1 Å². The van der Waals surface area contributed by atoms with Crippen molar-refractivity contribution < 1.29 is 18.7 Å². The predicted octanol–water partition coefficient (Wildman–Crippen LogP) is 4.16. The van der Waals surface area contributed by atoms with E-state index in [9.17, 15) is 9.18 Å². The summed E-state index contributed by atoms with van der Waals surface area (Å²) in [4.78, 5) is 15.6. The van der Waals surface area contributed by atoms with E-state index in [4.69, 9.17) is 9.47 Å². The van der Waals surface area contributed by atoms with E-state index in [1.807, 2.05) is 19.2 Å². The molecule has 6 heteroatoms. The molecular formula is C16H18FNO3S. The van der Waals surface area contributed by atoms with Crippen molar-refractivity contribution >= 4 is 17.1 Å². The zero-order valence-corrected chi connectivity index (χ0v) is 13.6. The first-order valence-corrected chi connectivity index (χ1v) is 7.88. The lowest BCUT2D eigenvalue weighted by Crippen LogP contribution is -2.02. The molecule has 0 amide bonds. The van der Waals surface area contributed by atoms with Crippen LogP contribution in [0.15, 0.2) is 23.6 Å². The minimum Gasteiger partial charge on any atom is -0.487 e. The molecule has 1 aromatic heterocycles. The topological polar surface area (TPSA) is 48.4 Å². The van der Waals surface area contributed by atoms with Gasteiger partial charge in [-0.2, -0.15) is 0 Å². The summed E-state index contributed by atoms with van der Waals surface area (Å²) in [6, 6.07) is 4.22. The summed E-state index contributed by atoms with van der Waals surface area (Å²) in [7, 11) is 0. The molecule has 0 aliphatic rings. The lowest BCUT2D eigenvalue weighted by atomic mass is 10.1. The van der Waals surface area contributed by atoms with E-state index in [1.165, 1.54) is 30.4 Å². The van der Waals surface area contributed by atoms with Gasteiger partial charge in [-0.05, 0) is 32.9 Å². The molecule has 0 saturated carbocycles. The van der Waals surface area contributed by atoms with Gasteiger partial charge in [0.2, 0.25) is 0 Å². The van der Waals surface area contributed by atoms with E-state index in [1.54, 1.807) is 6.07 Å². The van der Waals surface area contributed by atoms with Gasteiger partial charge in [-0.3, -0.25) is 4.79 Å². The number of aromatic nitrogens is 1. The number of hydrogen-bond donors (Lipinski definition) is 0. The van der Waals surface area contributed by atoms with Gasteiger partial charge in [0.25, 0.3) is 0 Å². The Morgan fingerprint density at radius 3 is 2.86 bits per heavy atom. The molecule has 0 saturated heterocycles. The van der Waals surface area contributed by atoms with Gasteiger partial charge in [-0.15, -0.1) is 11.3 Å². The molecular weight excluding hydrogens is 305 g/mol. The highest BCUT2D eigenvalue weighted by Gasteiger charge is 2.12. The fourth-order valence-electron chi connectivity index (χ4n) is 1.93. The average Bonchev–Trinajstić information content (AvgIpc) is 2.94. The zero-order valence-electron chi connectivity index (χ0n) is 12.8. The standard InChI is InChI=1S/C16H18FNO3S/c1-4-20-11(3)16-18-12(9-22-16)8-21-13-5-6-14(10(2)19)15(17)7-13/h5-7,9,11H,4,8H2,1-3H3. The molecule has 0 bridgehead atoms. The number of halogens is 1. The van der Waals surface area contributed by atoms with Crippen LogP contribution in [0.4, 0.5) is 4.39 Å². The van der Waals surface area contributed by atoms with Crippen LogP contribution >= 0.6 is 11.3 Å². The van der Waals surface area contributed by atoms with Crippen molar-refractivity contribution in [3.63, 3.8) is 0 Å². The van der Waals surface area contributed by atoms with Crippen LogP contribution in [0.5, 0.6) is 5.75 Å². The molecule has 4 nitrogen and oxygen atoms in total. The molecule has 1 unspecified atom stereocenters. The molecule has 0 fully saturated rings. The summed E-state index contributed by atoms with van der Waals surface area (Å²) in [6.45, 7) is 6.09. The van der Waals surface area contributed by atoms with Crippen molar-refractivity contribution in [3.8, 4) is 5.75 Å². The number of carbonyl (C=O) groups excluding carboxylic acids is 1. The molecule has 0 aliphatic heterocycles. The summed E-state index contributed by atoms with van der Waals surface area (Å²) < 4.78 is 24.7. The fraction of sp³-hybridized carbons (Fsp3) is 0.375. The number of ether oxygens (including phenoxy) is 2. The van der Waals surface area contributed by atoms with Crippen molar-refractivity contribution in [1.82, 2.24) is 4.98 Å². The average molecular weight is 323 g/mol. The van der Waals surface area contributed by atoms with Gasteiger partial charge in [0.15, 0.2) is 5.78 Å². The van der Waals surface area contributed by atoms with Gasteiger partial charge in [-0.1, -0.05) is 0 Å². The normalized spacial score (nSPS) is 12.2. The molecule has 1 atom stereocenters. The van der Waals surface area contributed by atoms with Crippen LogP contribution in [0.2, 0.25) is 0 Å². The van der Waals surface area contributed by atoms with Gasteiger partial charge < -0.3 is 9.47 Å². The molecule has 1 heterocycles. The van der Waals surface area contributed by atoms with E-state index < -0.39 is 5.82 Å². The number of rotatable bonds is 7. The van der Waals surface area contributed by atoms with E-state index >= 15 is 0 Å². The molecule has 118 valence electrons. The second kappa shape index (κ2) is 7.47. The monoisotopic (exact) mass is 323 g/mol. The molecule has 1 aromatic carbocycles. The van der Waals surface area contributed by atoms with E-state index in [0.717, 1.165) is 10.7 Å². The molecule has 0 N–H and O–H groups in total. The highest BCUT2D eigenvalue weighted by molar-refractivity contribution is 7.09. The molecule has 0 aliphatic carbocycles. The van der Waals surface area contributed by atoms with Crippen molar-refractivity contribution in [2.75, 3.05) is 6.61 Å². The second-order valence-corrected chi connectivity index (χ2v) is 5.65. The maximum Gasteiger partial charge on any atom is 0.162 e. The first-order valence-electron chi connectivity index (χ1n) is 7.00. The summed E-state index contributed by atoms with van der Waals surface area (Å²) in [5.74, 6) is -0.512. The Balaban J connectivity index is 1.98. The predicted molar refractivity (Wildman–Crippen MR) is 82.9 cm³/mol. The van der Waals surface area contributed by atoms with E-state index in [0.29, 0.717) is 12.4 Å². The van der Waals surface area contributed by atoms with E-state index in [2.05, 4.69) is 4.98 Å². The maximum absolute atomic E-state index is 13.7. The molecule has 2 rings (SSSR count). The molecule has 0 radical (unpaired) electrons. The Labute approximate surface area is 132 Å². The van der Waals surface area contributed by atoms with Crippen LogP contribution in [-0.4, -0.2) is 17.4 Å². The lowest BCUT2D eigenvalue weighted by molar-refractivity contribution is 0.0760. The highest BCUT2D eigenvalue weighted by atomic mass is 32.1. The third-order valence-corrected chi connectivity index (χ3v) is 4.10. The Morgan fingerprint density at radius 2 is 2.23 bits per heavy atom. The molecule has 22 heavy (non-hydrogen) atoms. The second-order valence-electron chi connectivity index (χ2n) is 4.76. The SMILES string of the molecule is CCOC(C)c1nc(COc2ccc(C(C)=O)c(F)c2)cs1. The Kier molecular flexibility index (Phi) is 5.63. The van der Waals surface area contributed by atoms with Gasteiger partial charge in [0.05, 0.1) is 11.3 Å². The van der Waals surface area contributed by atoms with Gasteiger partial charge in [0.1, 0.15) is 29.3 Å². The number of hydrogen-bond acceptors (Lipinski definition) is 5. The zero-order chi connectivity index (χ0) is 16.1. The quantitative estimate of drug-likeness (QED) is 0.718. The number of carbonyl (C=O) groups is 1. The van der Waals surface area contributed by atoms with Crippen molar-refractivity contribution in [2.45, 2.75) is 33.5 Å². The largest absolute Gasteiger partial charge is 0.487 e. The summed E-state index contributed by atoms with van der Waals surface area (Å²) in [6.07, 6.45) is -0.0453. The first kappa shape index (κ1) is 16.6. The van der Waals surface area contributed by atoms with Crippen LogP contribution in [0.3, 0.4) is 0 Å². The number of Topliss-reactive ketones (excluding diaryl/α,β-unsaturated/α-hetero) is 1. The number of benzene rings is 1. The van der Waals surface area contributed by atoms with Gasteiger partial charge >= 0.3 is 0 Å². The third kappa shape index (κ3) is 4.11. The minimum atomic E-state index is -0.575. The smallest absolute Gasteiger partial charge is 0.162 e. The van der Waals surface area contributed by atoms with Crippen LogP contribution in [0.25, 0.3) is 0 Å². The van der Waals surface area contributed by atoms with Crippen molar-refractivity contribution in [1.29, 1.82) is 0 Å². The lowest BCUT2D eigenvalue weighted by Gasteiger charge is -2.07. The van der Waals surface area contributed by atoms with E-state index in [-0.39, 0.29) is 24.1 Å². The summed E-state index contributed by atoms with van der Waals surface area (Å²) in [5.41, 5.74) is 0.830. The van der Waals surface area contributed by atoms with Crippen molar-refractivity contribution in [2.24, 2.45) is 0 Å². The first-order chi connectivity index (χ1) is 10.5. The van der Waals surface area contributed by atoms with Crippen LogP contribution < -0.4 is 4.74 Å². The Morgan fingerprint density at radius 1 is 1.45 bits per heavy atom. The highest BCUT2D eigenvalue weighted by Crippen LogP contribution is 2.23. The van der Waals surface area contributed by atoms with Crippen molar-refractivity contribution in [3.05, 3.63) is 45.7 Å².